The Bertz CT molecular complexity index is 821. The van der Waals surface area contributed by atoms with Gasteiger partial charge >= 0.3 is 0 Å². The van der Waals surface area contributed by atoms with Gasteiger partial charge in [-0.1, -0.05) is 12.1 Å². The van der Waals surface area contributed by atoms with Crippen LogP contribution in [0.2, 0.25) is 0 Å². The molecule has 11 heteroatoms. The number of nitrogens with two attached hydrogens (primary N) is 1. The predicted octanol–water partition coefficient (Wildman–Crippen LogP) is -1.08. The molecule has 2 aromatic rings. The van der Waals surface area contributed by atoms with Gasteiger partial charge < -0.3 is 4.74 Å². The van der Waals surface area contributed by atoms with E-state index in [1.807, 2.05) is 0 Å². The van der Waals surface area contributed by atoms with Gasteiger partial charge in [-0.15, -0.1) is 0 Å². The second kappa shape index (κ2) is 6.16. The van der Waals surface area contributed by atoms with Crippen LogP contribution in [0.5, 0.6) is 5.88 Å². The first kappa shape index (κ1) is 15.7. The van der Waals surface area contributed by atoms with E-state index in [0.717, 1.165) is 0 Å². The van der Waals surface area contributed by atoms with E-state index in [2.05, 4.69) is 31.9 Å². The van der Waals surface area contributed by atoms with Crippen molar-refractivity contribution in [1.29, 1.82) is 0 Å². The third kappa shape index (κ3) is 3.14. The van der Waals surface area contributed by atoms with E-state index in [4.69, 9.17) is 9.88 Å². The molecule has 23 heavy (non-hydrogen) atoms. The van der Waals surface area contributed by atoms with Crippen LogP contribution in [-0.2, 0) is 10.0 Å². The summed E-state index contributed by atoms with van der Waals surface area (Å²) < 4.78 is 28.9. The maximum absolute atomic E-state index is 11.9. The van der Waals surface area contributed by atoms with Gasteiger partial charge in [-0.25, -0.2) is 29.4 Å². The Morgan fingerprint density at radius 3 is 2.61 bits per heavy atom. The molecule has 0 unspecified atom stereocenters. The van der Waals surface area contributed by atoms with Gasteiger partial charge in [0.2, 0.25) is 15.9 Å². The van der Waals surface area contributed by atoms with Crippen molar-refractivity contribution in [1.82, 2.24) is 31.9 Å². The van der Waals surface area contributed by atoms with Gasteiger partial charge in [0.1, 0.15) is 6.17 Å². The summed E-state index contributed by atoms with van der Waals surface area (Å²) in [7, 11) is -2.46. The highest BCUT2D eigenvalue weighted by Crippen LogP contribution is 2.31. The molecular formula is C12H15N7O3S. The summed E-state index contributed by atoms with van der Waals surface area (Å²) >= 11 is 0. The second-order valence-electron chi connectivity index (χ2n) is 4.68. The van der Waals surface area contributed by atoms with Gasteiger partial charge in [0, 0.05) is 11.1 Å². The Kier molecular flexibility index (Phi) is 4.21. The molecule has 2 heterocycles. The van der Waals surface area contributed by atoms with Crippen molar-refractivity contribution in [2.75, 3.05) is 7.11 Å². The van der Waals surface area contributed by atoms with Gasteiger partial charge in [0.25, 0.3) is 0 Å². The highest BCUT2D eigenvalue weighted by atomic mass is 32.2. The standard InChI is InChI=1S/C12H15N7O3S/c1-22-10-6-14-5-8(15-10)7-3-2-4-9(23(13,20)21)11(7)12-16-18-19-17-12/h2-6,12,16-19H,1H3,(H2,13,20,21). The fourth-order valence-electron chi connectivity index (χ4n) is 2.29. The SMILES string of the molecule is COc1cncc(-c2cccc(S(N)(=O)=O)c2C2NNNN2)n1. The first-order chi connectivity index (χ1) is 11.0. The zero-order chi connectivity index (χ0) is 16.4. The number of rotatable bonds is 4. The van der Waals surface area contributed by atoms with E-state index in [9.17, 15) is 8.42 Å². The largest absolute Gasteiger partial charge is 0.480 e. The lowest BCUT2D eigenvalue weighted by Gasteiger charge is -2.18. The second-order valence-corrected chi connectivity index (χ2v) is 6.21. The Morgan fingerprint density at radius 1 is 1.22 bits per heavy atom. The number of sulfonamides is 1. The lowest BCUT2D eigenvalue weighted by molar-refractivity contribution is 0.396. The van der Waals surface area contributed by atoms with Crippen molar-refractivity contribution >= 4 is 10.0 Å². The molecule has 0 atom stereocenters. The molecule has 10 nitrogen and oxygen atoms in total. The third-order valence-electron chi connectivity index (χ3n) is 3.25. The number of ether oxygens (including phenoxy) is 1. The quantitative estimate of drug-likeness (QED) is 0.470. The van der Waals surface area contributed by atoms with Crippen molar-refractivity contribution in [2.45, 2.75) is 11.1 Å². The van der Waals surface area contributed by atoms with Gasteiger partial charge in [-0.3, -0.25) is 4.98 Å². The van der Waals surface area contributed by atoms with E-state index < -0.39 is 16.2 Å². The first-order valence-corrected chi connectivity index (χ1v) is 8.08. The molecule has 0 radical (unpaired) electrons. The van der Waals surface area contributed by atoms with Crippen LogP contribution in [0.25, 0.3) is 11.3 Å². The van der Waals surface area contributed by atoms with E-state index in [0.29, 0.717) is 22.7 Å². The van der Waals surface area contributed by atoms with Gasteiger partial charge in [-0.05, 0) is 6.07 Å². The van der Waals surface area contributed by atoms with Crippen molar-refractivity contribution in [3.8, 4) is 17.1 Å². The number of nitrogens with one attached hydrogen (secondary N) is 4. The van der Waals surface area contributed by atoms with Crippen LogP contribution in [0.4, 0.5) is 0 Å². The minimum atomic E-state index is -3.93. The smallest absolute Gasteiger partial charge is 0.238 e. The van der Waals surface area contributed by atoms with Gasteiger partial charge in [0.05, 0.1) is 30.1 Å². The number of primary sulfonamides is 1. The average molecular weight is 337 g/mol. The Balaban J connectivity index is 2.23. The lowest BCUT2D eigenvalue weighted by Crippen LogP contribution is -2.33. The third-order valence-corrected chi connectivity index (χ3v) is 4.22. The molecule has 1 aliphatic rings. The molecule has 0 saturated carbocycles. The van der Waals surface area contributed by atoms with Crippen LogP contribution in [0.3, 0.4) is 0 Å². The van der Waals surface area contributed by atoms with Crippen LogP contribution < -0.4 is 31.8 Å². The average Bonchev–Trinajstić information content (AvgIpc) is 3.07. The van der Waals surface area contributed by atoms with Crippen molar-refractivity contribution in [3.63, 3.8) is 0 Å². The maximum Gasteiger partial charge on any atom is 0.238 e. The molecular weight excluding hydrogens is 322 g/mol. The minimum absolute atomic E-state index is 0.0184. The monoisotopic (exact) mass is 337 g/mol. The topological polar surface area (TPSA) is 143 Å². The van der Waals surface area contributed by atoms with Crippen molar-refractivity contribution < 1.29 is 13.2 Å². The number of aromatic nitrogens is 2. The summed E-state index contributed by atoms with van der Waals surface area (Å²) in [5.41, 5.74) is 12.4. The Morgan fingerprint density at radius 2 is 1.96 bits per heavy atom. The minimum Gasteiger partial charge on any atom is -0.480 e. The summed E-state index contributed by atoms with van der Waals surface area (Å²) in [4.78, 5) is 8.33. The molecule has 1 aromatic heterocycles. The molecule has 122 valence electrons. The van der Waals surface area contributed by atoms with Gasteiger partial charge in [0.15, 0.2) is 0 Å². The normalized spacial score (nSPS) is 15.7. The van der Waals surface area contributed by atoms with E-state index in [1.165, 1.54) is 25.6 Å². The molecule has 0 spiro atoms. The summed E-state index contributed by atoms with van der Waals surface area (Å²) in [6, 6.07) is 4.76. The fourth-order valence-corrected chi connectivity index (χ4v) is 3.09. The summed E-state index contributed by atoms with van der Waals surface area (Å²) in [6.45, 7) is 0. The number of benzene rings is 1. The first-order valence-electron chi connectivity index (χ1n) is 6.54. The van der Waals surface area contributed by atoms with Crippen LogP contribution in [-0.4, -0.2) is 25.5 Å². The summed E-state index contributed by atoms with van der Waals surface area (Å²) in [5, 5.41) is 5.34. The number of hydrogen-bond donors (Lipinski definition) is 5. The van der Waals surface area contributed by atoms with E-state index >= 15 is 0 Å². The molecule has 1 saturated heterocycles. The lowest BCUT2D eigenvalue weighted by atomic mass is 10.0. The summed E-state index contributed by atoms with van der Waals surface area (Å²) in [5.74, 6) is 0.318. The van der Waals surface area contributed by atoms with Gasteiger partial charge in [-0.2, -0.15) is 11.1 Å². The predicted molar refractivity (Wildman–Crippen MR) is 80.7 cm³/mol. The molecule has 0 aliphatic carbocycles. The highest BCUT2D eigenvalue weighted by Gasteiger charge is 2.27. The van der Waals surface area contributed by atoms with Crippen LogP contribution >= 0.6 is 0 Å². The molecule has 1 aliphatic heterocycles. The Hall–Kier alpha value is -2.15. The number of hydrogen-bond acceptors (Lipinski definition) is 9. The molecule has 1 aromatic carbocycles. The molecule has 6 N–H and O–H groups in total. The molecule has 0 bridgehead atoms. The van der Waals surface area contributed by atoms with Crippen LogP contribution in [0.15, 0.2) is 35.5 Å². The molecule has 3 rings (SSSR count). The van der Waals surface area contributed by atoms with E-state index in [1.54, 1.807) is 12.1 Å². The van der Waals surface area contributed by atoms with Crippen molar-refractivity contribution in [2.24, 2.45) is 5.14 Å². The highest BCUT2D eigenvalue weighted by molar-refractivity contribution is 7.89. The molecule has 0 amide bonds. The van der Waals surface area contributed by atoms with E-state index in [-0.39, 0.29) is 4.90 Å². The molecule has 1 fully saturated rings. The zero-order valence-corrected chi connectivity index (χ0v) is 12.9. The van der Waals surface area contributed by atoms with Crippen molar-refractivity contribution in [3.05, 3.63) is 36.2 Å². The zero-order valence-electron chi connectivity index (χ0n) is 12.1. The van der Waals surface area contributed by atoms with Crippen LogP contribution in [0, 0.1) is 0 Å². The number of methoxy groups -OCH3 is 1. The summed E-state index contributed by atoms with van der Waals surface area (Å²) in [6.07, 6.45) is 2.43. The number of hydrazine groups is 3. The maximum atomic E-state index is 11.9. The number of nitrogens with zero attached hydrogens (tertiary/aromatic N) is 2. The van der Waals surface area contributed by atoms with Crippen LogP contribution in [0.1, 0.15) is 11.7 Å². The fraction of sp³-hybridized carbons (Fsp3) is 0.167. The Labute approximate surface area is 132 Å².